The zero-order valence-electron chi connectivity index (χ0n) is 18.6. The molecule has 3 fully saturated rings. The largest absolute Gasteiger partial charge is 0.416 e. The first-order valence-electron chi connectivity index (χ1n) is 11.7. The van der Waals surface area contributed by atoms with Crippen LogP contribution in [0.2, 0.25) is 0 Å². The first-order chi connectivity index (χ1) is 17.2. The van der Waals surface area contributed by atoms with Gasteiger partial charge in [0.15, 0.2) is 0 Å². The molecule has 1 aromatic heterocycles. The lowest BCUT2D eigenvalue weighted by molar-refractivity contribution is -0.137. The number of alkyl halides is 3. The van der Waals surface area contributed by atoms with Crippen LogP contribution in [-0.4, -0.2) is 22.0 Å². The van der Waals surface area contributed by atoms with Gasteiger partial charge in [-0.05, 0) is 47.9 Å². The normalized spacial score (nSPS) is 32.5. The topological polar surface area (TPSA) is 70.2 Å². The summed E-state index contributed by atoms with van der Waals surface area (Å²) in [6.45, 7) is 0. The van der Waals surface area contributed by atoms with Crippen LogP contribution in [0, 0.1) is 29.6 Å². The van der Waals surface area contributed by atoms with Crippen molar-refractivity contribution in [3.63, 3.8) is 0 Å². The number of amides is 2. The fourth-order valence-electron chi connectivity index (χ4n) is 7.13. The van der Waals surface area contributed by atoms with E-state index < -0.39 is 35.4 Å². The fraction of sp³-hybridized carbons (Fsp3) is 0.346. The Bertz CT molecular complexity index is 1470. The van der Waals surface area contributed by atoms with Crippen molar-refractivity contribution in [1.29, 1.82) is 0 Å². The summed E-state index contributed by atoms with van der Waals surface area (Å²) in [7, 11) is 0. The minimum absolute atomic E-state index is 0.0210. The van der Waals surface area contributed by atoms with Gasteiger partial charge in [-0.1, -0.05) is 47.7 Å². The predicted octanol–water partition coefficient (Wildman–Crippen LogP) is 5.13. The van der Waals surface area contributed by atoms with E-state index >= 15 is 0 Å². The Balaban J connectivity index is 1.30. The molecule has 0 radical (unpaired) electrons. The van der Waals surface area contributed by atoms with Crippen LogP contribution in [-0.2, 0) is 15.8 Å². The quantitative estimate of drug-likeness (QED) is 0.468. The number of aromatic nitrogens is 1. The summed E-state index contributed by atoms with van der Waals surface area (Å²) in [6, 6.07) is 14.4. The summed E-state index contributed by atoms with van der Waals surface area (Å²) in [5, 5.41) is 0.869. The maximum Gasteiger partial charge on any atom is 0.416 e. The van der Waals surface area contributed by atoms with Gasteiger partial charge in [0.05, 0.1) is 28.1 Å². The molecule has 3 aromatic rings. The van der Waals surface area contributed by atoms with Crippen LogP contribution in [0.1, 0.15) is 28.3 Å². The fourth-order valence-corrected chi connectivity index (χ4v) is 10.0. The van der Waals surface area contributed by atoms with Crippen molar-refractivity contribution >= 4 is 40.6 Å². The Morgan fingerprint density at radius 1 is 0.917 bits per heavy atom. The van der Waals surface area contributed by atoms with Gasteiger partial charge in [0.25, 0.3) is 0 Å². The highest BCUT2D eigenvalue weighted by Crippen LogP contribution is 2.68. The number of hydrogen-bond donors (Lipinski definition) is 1. The maximum absolute atomic E-state index is 13.7. The molecule has 2 amide bonds. The number of imide groups is 1. The van der Waals surface area contributed by atoms with Crippen LogP contribution >= 0.6 is 23.1 Å². The Hall–Kier alpha value is -2.85. The van der Waals surface area contributed by atoms with E-state index in [9.17, 15) is 27.6 Å². The summed E-state index contributed by atoms with van der Waals surface area (Å²) in [5.74, 6) is -2.09. The third-order valence-corrected chi connectivity index (χ3v) is 10.9. The minimum Gasteiger partial charge on any atom is -0.307 e. The third-order valence-electron chi connectivity index (χ3n) is 8.31. The molecule has 0 unspecified atom stereocenters. The predicted molar refractivity (Wildman–Crippen MR) is 129 cm³/mol. The molecular weight excluding hydrogens is 509 g/mol. The second-order valence-corrected chi connectivity index (χ2v) is 12.1. The second-order valence-electron chi connectivity index (χ2n) is 9.93. The highest BCUT2D eigenvalue weighted by molar-refractivity contribution is 8.00. The number of thiazole rings is 1. The van der Waals surface area contributed by atoms with Gasteiger partial charge in [-0.15, -0.1) is 11.8 Å². The number of H-pyrrole nitrogens is 1. The number of nitrogens with one attached hydrogen (secondary N) is 1. The third kappa shape index (κ3) is 3.00. The van der Waals surface area contributed by atoms with Crippen molar-refractivity contribution in [2.75, 3.05) is 4.90 Å². The number of aromatic amines is 1. The first-order valence-corrected chi connectivity index (χ1v) is 13.4. The molecule has 36 heavy (non-hydrogen) atoms. The van der Waals surface area contributed by atoms with Crippen molar-refractivity contribution in [1.82, 2.24) is 4.98 Å². The average molecular weight is 529 g/mol. The molecule has 2 saturated carbocycles. The minimum atomic E-state index is -4.57. The molecule has 7 atom stereocenters. The van der Waals surface area contributed by atoms with E-state index in [4.69, 9.17) is 0 Å². The summed E-state index contributed by atoms with van der Waals surface area (Å²) in [6.07, 6.45) is -3.84. The second kappa shape index (κ2) is 7.58. The van der Waals surface area contributed by atoms with Gasteiger partial charge >= 0.3 is 11.0 Å². The molecule has 7 rings (SSSR count). The number of thioether (sulfide) groups is 1. The van der Waals surface area contributed by atoms with E-state index in [0.29, 0.717) is 0 Å². The van der Waals surface area contributed by atoms with Crippen molar-refractivity contribution < 1.29 is 22.8 Å². The number of anilines is 1. The number of halogens is 3. The lowest BCUT2D eigenvalue weighted by Gasteiger charge is -2.43. The summed E-state index contributed by atoms with van der Waals surface area (Å²) < 4.78 is 40.0. The van der Waals surface area contributed by atoms with Crippen LogP contribution in [0.4, 0.5) is 18.9 Å². The van der Waals surface area contributed by atoms with Gasteiger partial charge in [-0.2, -0.15) is 13.2 Å². The average Bonchev–Trinajstić information content (AvgIpc) is 3.58. The van der Waals surface area contributed by atoms with Crippen molar-refractivity contribution in [2.24, 2.45) is 29.6 Å². The smallest absolute Gasteiger partial charge is 0.307 e. The molecule has 184 valence electrons. The molecule has 0 spiro atoms. The number of carbonyl (C=O) groups is 2. The Morgan fingerprint density at radius 3 is 2.36 bits per heavy atom. The van der Waals surface area contributed by atoms with Gasteiger partial charge in [0, 0.05) is 16.0 Å². The Morgan fingerprint density at radius 2 is 1.64 bits per heavy atom. The van der Waals surface area contributed by atoms with Gasteiger partial charge in [-0.3, -0.25) is 19.3 Å². The lowest BCUT2D eigenvalue weighted by atomic mass is 9.68. The number of rotatable bonds is 2. The molecule has 4 aliphatic rings. The molecule has 2 aromatic carbocycles. The molecule has 2 aliphatic heterocycles. The number of carbonyl (C=O) groups excluding carboxylic acids is 2. The van der Waals surface area contributed by atoms with E-state index in [0.717, 1.165) is 38.9 Å². The molecule has 3 heterocycles. The van der Waals surface area contributed by atoms with E-state index in [1.807, 2.05) is 30.3 Å². The van der Waals surface area contributed by atoms with Crippen LogP contribution < -0.4 is 9.77 Å². The van der Waals surface area contributed by atoms with Crippen LogP contribution in [0.25, 0.3) is 0 Å². The first kappa shape index (κ1) is 22.4. The van der Waals surface area contributed by atoms with E-state index in [1.54, 1.807) is 11.8 Å². The van der Waals surface area contributed by atoms with Crippen LogP contribution in [0.3, 0.4) is 0 Å². The molecule has 1 N–H and O–H groups in total. The summed E-state index contributed by atoms with van der Waals surface area (Å²) in [4.78, 5) is 44.3. The Kier molecular flexibility index (Phi) is 4.71. The molecule has 5 nitrogen and oxygen atoms in total. The van der Waals surface area contributed by atoms with E-state index in [-0.39, 0.29) is 39.5 Å². The number of hydrogen-bond acceptors (Lipinski definition) is 5. The monoisotopic (exact) mass is 528 g/mol. The Labute approximate surface area is 211 Å². The SMILES string of the molecule is O=C1[C@@H]2[C@H]3C[C@@H]([C@@H]2C(=O)N1c1cccc(C(F)(F)F)c1)[C@@H]1[C@@H](c2ccccc2)c2sc(=O)[nH]c2S[C@H]31. The molecule has 2 bridgehead atoms. The summed E-state index contributed by atoms with van der Waals surface area (Å²) >= 11 is 2.79. The van der Waals surface area contributed by atoms with E-state index in [2.05, 4.69) is 4.98 Å². The molecule has 1 saturated heterocycles. The van der Waals surface area contributed by atoms with E-state index in [1.165, 1.54) is 23.5 Å². The van der Waals surface area contributed by atoms with Crippen molar-refractivity contribution in [2.45, 2.75) is 28.8 Å². The highest BCUT2D eigenvalue weighted by Gasteiger charge is 2.69. The van der Waals surface area contributed by atoms with Gasteiger partial charge in [-0.25, -0.2) is 0 Å². The zero-order valence-corrected chi connectivity index (χ0v) is 20.2. The van der Waals surface area contributed by atoms with Crippen molar-refractivity contribution in [3.8, 4) is 0 Å². The molecule has 2 aliphatic carbocycles. The zero-order chi connectivity index (χ0) is 24.9. The standard InChI is InChI=1S/C26H19F3N2O3S2/c27-26(28,29)12-7-4-8-13(9-12)31-23(32)18-14-10-15(19(18)24(31)33)20-17(14)16(11-5-2-1-3-6-11)21-22(35-20)30-25(34)36-21/h1-9,14-20H,10H2,(H,30,34)/t14-,15-,16-,17-,18+,19-,20-/m1/s1. The summed E-state index contributed by atoms with van der Waals surface area (Å²) in [5.41, 5.74) is 0.162. The van der Waals surface area contributed by atoms with Gasteiger partial charge in [0.2, 0.25) is 11.8 Å². The molecule has 10 heteroatoms. The number of fused-ring (bicyclic) bond motifs is 9. The van der Waals surface area contributed by atoms with Crippen LogP contribution in [0.5, 0.6) is 0 Å². The lowest BCUT2D eigenvalue weighted by Crippen LogP contribution is -2.42. The maximum atomic E-state index is 13.7. The molecular formula is C26H19F3N2O3S2. The van der Waals surface area contributed by atoms with Crippen LogP contribution in [0.15, 0.2) is 64.4 Å². The van der Waals surface area contributed by atoms with Crippen molar-refractivity contribution in [3.05, 3.63) is 80.3 Å². The van der Waals surface area contributed by atoms with Gasteiger partial charge < -0.3 is 4.98 Å². The number of nitrogens with zero attached hydrogens (tertiary/aromatic N) is 1. The number of benzene rings is 2. The highest BCUT2D eigenvalue weighted by atomic mass is 32.2. The van der Waals surface area contributed by atoms with Gasteiger partial charge in [0.1, 0.15) is 0 Å².